The van der Waals surface area contributed by atoms with Crippen molar-refractivity contribution in [3.8, 4) is 0 Å². The fraction of sp³-hybridized carbons (Fsp3) is 0.696. The number of hydrogen-bond acceptors (Lipinski definition) is 3. The van der Waals surface area contributed by atoms with Crippen molar-refractivity contribution in [3.63, 3.8) is 0 Å². The molecule has 1 N–H and O–H groups in total. The molecule has 0 aliphatic carbocycles. The molecule has 1 fully saturated rings. The van der Waals surface area contributed by atoms with Gasteiger partial charge in [-0.2, -0.15) is 0 Å². The number of nitrogens with zero attached hydrogens (tertiary/aromatic N) is 1. The van der Waals surface area contributed by atoms with Crippen molar-refractivity contribution in [2.24, 2.45) is 0 Å². The molecule has 4 heteroatoms. The van der Waals surface area contributed by atoms with E-state index in [9.17, 15) is 4.79 Å². The first-order valence-corrected chi connectivity index (χ1v) is 11.1. The summed E-state index contributed by atoms with van der Waals surface area (Å²) in [5, 5.41) is 2.73. The number of carbonyl (C=O) groups excluding carboxylic acids is 1. The third-order valence-corrected chi connectivity index (χ3v) is 5.32. The lowest BCUT2D eigenvalue weighted by atomic mass is 10.1. The minimum atomic E-state index is -0.356. The molecule has 4 nitrogen and oxygen atoms in total. The first-order chi connectivity index (χ1) is 13.3. The number of anilines is 1. The highest BCUT2D eigenvalue weighted by atomic mass is 16.5. The molecule has 0 radical (unpaired) electrons. The molecule has 1 aliphatic heterocycles. The SMILES string of the molecule is O=C(Nc1ccccc1)OCCCCCCCCCCCN1CCCCC1. The van der Waals surface area contributed by atoms with Gasteiger partial charge in [-0.15, -0.1) is 0 Å². The Morgan fingerprint density at radius 2 is 1.41 bits per heavy atom. The fourth-order valence-corrected chi connectivity index (χ4v) is 3.70. The predicted octanol–water partition coefficient (Wildman–Crippen LogP) is 6.23. The van der Waals surface area contributed by atoms with E-state index in [1.54, 1.807) is 0 Å². The van der Waals surface area contributed by atoms with Crippen molar-refractivity contribution < 1.29 is 9.53 Å². The highest BCUT2D eigenvalue weighted by Crippen LogP contribution is 2.13. The third-order valence-electron chi connectivity index (χ3n) is 5.32. The average molecular weight is 375 g/mol. The van der Waals surface area contributed by atoms with Crippen LogP contribution in [-0.4, -0.2) is 37.2 Å². The normalized spacial score (nSPS) is 14.8. The molecular formula is C23H38N2O2. The summed E-state index contributed by atoms with van der Waals surface area (Å²) in [5.41, 5.74) is 0.776. The maximum absolute atomic E-state index is 11.6. The molecule has 0 unspecified atom stereocenters. The number of piperidine rings is 1. The van der Waals surface area contributed by atoms with Crippen LogP contribution >= 0.6 is 0 Å². The van der Waals surface area contributed by atoms with E-state index in [2.05, 4.69) is 10.2 Å². The summed E-state index contributed by atoms with van der Waals surface area (Å²) in [6.07, 6.45) is 15.4. The number of benzene rings is 1. The van der Waals surface area contributed by atoms with Crippen molar-refractivity contribution >= 4 is 11.8 Å². The molecule has 1 aromatic rings. The number of rotatable bonds is 13. The van der Waals surface area contributed by atoms with Gasteiger partial charge in [0.05, 0.1) is 6.61 Å². The van der Waals surface area contributed by atoms with Crippen LogP contribution in [-0.2, 0) is 4.74 Å². The number of para-hydroxylation sites is 1. The lowest BCUT2D eigenvalue weighted by molar-refractivity contribution is 0.159. The Labute approximate surface area is 165 Å². The first-order valence-electron chi connectivity index (χ1n) is 11.1. The summed E-state index contributed by atoms with van der Waals surface area (Å²) < 4.78 is 5.21. The molecule has 1 amide bonds. The molecule has 1 aromatic carbocycles. The zero-order chi connectivity index (χ0) is 19.0. The summed E-state index contributed by atoms with van der Waals surface area (Å²) in [4.78, 5) is 14.3. The van der Waals surface area contributed by atoms with Crippen LogP contribution in [0.2, 0.25) is 0 Å². The van der Waals surface area contributed by atoms with Gasteiger partial charge in [-0.1, -0.05) is 69.6 Å². The molecule has 1 saturated heterocycles. The largest absolute Gasteiger partial charge is 0.449 e. The molecule has 2 rings (SSSR count). The minimum Gasteiger partial charge on any atom is -0.449 e. The highest BCUT2D eigenvalue weighted by molar-refractivity contribution is 5.84. The van der Waals surface area contributed by atoms with Gasteiger partial charge in [-0.3, -0.25) is 5.32 Å². The monoisotopic (exact) mass is 374 g/mol. The Morgan fingerprint density at radius 1 is 0.815 bits per heavy atom. The van der Waals surface area contributed by atoms with E-state index < -0.39 is 0 Å². The number of ether oxygens (including phenoxy) is 1. The van der Waals surface area contributed by atoms with Crippen molar-refractivity contribution in [2.45, 2.75) is 77.0 Å². The molecule has 1 heterocycles. The minimum absolute atomic E-state index is 0.356. The van der Waals surface area contributed by atoms with Crippen LogP contribution in [0.15, 0.2) is 30.3 Å². The van der Waals surface area contributed by atoms with Gasteiger partial charge in [-0.05, 0) is 57.5 Å². The standard InChI is InChI=1S/C23H38N2O2/c26-23(24-22-16-10-8-11-17-22)27-21-15-7-5-3-1-2-4-6-12-18-25-19-13-9-14-20-25/h8,10-11,16-17H,1-7,9,12-15,18-21H2,(H,24,26). The second-order valence-electron chi connectivity index (χ2n) is 7.71. The van der Waals surface area contributed by atoms with Crippen LogP contribution in [0.3, 0.4) is 0 Å². The van der Waals surface area contributed by atoms with Gasteiger partial charge in [0.1, 0.15) is 0 Å². The summed E-state index contributed by atoms with van der Waals surface area (Å²) >= 11 is 0. The van der Waals surface area contributed by atoms with Crippen LogP contribution in [0, 0.1) is 0 Å². The molecule has 0 bridgehead atoms. The summed E-state index contributed by atoms with van der Waals surface area (Å²) in [6, 6.07) is 9.42. The van der Waals surface area contributed by atoms with E-state index in [4.69, 9.17) is 4.74 Å². The van der Waals surface area contributed by atoms with Crippen molar-refractivity contribution in [2.75, 3.05) is 31.6 Å². The predicted molar refractivity (Wildman–Crippen MR) is 113 cm³/mol. The average Bonchev–Trinajstić information content (AvgIpc) is 2.70. The smallest absolute Gasteiger partial charge is 0.411 e. The van der Waals surface area contributed by atoms with Gasteiger partial charge in [0.15, 0.2) is 0 Å². The van der Waals surface area contributed by atoms with Gasteiger partial charge in [-0.25, -0.2) is 4.79 Å². The number of nitrogens with one attached hydrogen (secondary N) is 1. The summed E-state index contributed by atoms with van der Waals surface area (Å²) in [7, 11) is 0. The van der Waals surface area contributed by atoms with Gasteiger partial charge in [0.25, 0.3) is 0 Å². The van der Waals surface area contributed by atoms with Crippen LogP contribution in [0.4, 0.5) is 10.5 Å². The maximum Gasteiger partial charge on any atom is 0.411 e. The molecule has 27 heavy (non-hydrogen) atoms. The molecule has 0 saturated carbocycles. The van der Waals surface area contributed by atoms with Crippen LogP contribution < -0.4 is 5.32 Å². The quantitative estimate of drug-likeness (QED) is 0.416. The van der Waals surface area contributed by atoms with Gasteiger partial charge in [0.2, 0.25) is 0 Å². The number of hydrogen-bond donors (Lipinski definition) is 1. The van der Waals surface area contributed by atoms with E-state index in [1.807, 2.05) is 30.3 Å². The summed E-state index contributed by atoms with van der Waals surface area (Å²) in [5.74, 6) is 0. The topological polar surface area (TPSA) is 41.6 Å². The number of carbonyl (C=O) groups is 1. The Balaban J connectivity index is 1.30. The van der Waals surface area contributed by atoms with Gasteiger partial charge >= 0.3 is 6.09 Å². The Morgan fingerprint density at radius 3 is 2.07 bits per heavy atom. The molecule has 0 spiro atoms. The van der Waals surface area contributed by atoms with Crippen LogP contribution in [0.5, 0.6) is 0 Å². The number of amides is 1. The van der Waals surface area contributed by atoms with E-state index >= 15 is 0 Å². The Kier molecular flexibility index (Phi) is 11.7. The van der Waals surface area contributed by atoms with E-state index in [1.165, 1.54) is 83.8 Å². The highest BCUT2D eigenvalue weighted by Gasteiger charge is 2.08. The Hall–Kier alpha value is -1.55. The third kappa shape index (κ3) is 11.0. The van der Waals surface area contributed by atoms with Crippen molar-refractivity contribution in [1.82, 2.24) is 4.90 Å². The molecule has 1 aliphatic rings. The lowest BCUT2D eigenvalue weighted by Crippen LogP contribution is -2.30. The molecular weight excluding hydrogens is 336 g/mol. The zero-order valence-corrected chi connectivity index (χ0v) is 17.0. The van der Waals surface area contributed by atoms with E-state index in [-0.39, 0.29) is 6.09 Å². The van der Waals surface area contributed by atoms with Crippen LogP contribution in [0.25, 0.3) is 0 Å². The Bertz CT molecular complexity index is 486. The number of likely N-dealkylation sites (tertiary alicyclic amines) is 1. The maximum atomic E-state index is 11.6. The fourth-order valence-electron chi connectivity index (χ4n) is 3.70. The lowest BCUT2D eigenvalue weighted by Gasteiger charge is -2.26. The molecule has 0 aromatic heterocycles. The second-order valence-corrected chi connectivity index (χ2v) is 7.71. The second kappa shape index (κ2) is 14.5. The van der Waals surface area contributed by atoms with Crippen LogP contribution in [0.1, 0.15) is 77.0 Å². The molecule has 152 valence electrons. The van der Waals surface area contributed by atoms with Crippen molar-refractivity contribution in [1.29, 1.82) is 0 Å². The molecule has 0 atom stereocenters. The first kappa shape index (κ1) is 21.7. The van der Waals surface area contributed by atoms with E-state index in [0.29, 0.717) is 6.61 Å². The van der Waals surface area contributed by atoms with E-state index in [0.717, 1.165) is 18.5 Å². The number of unbranched alkanes of at least 4 members (excludes halogenated alkanes) is 8. The van der Waals surface area contributed by atoms with Gasteiger partial charge < -0.3 is 9.64 Å². The van der Waals surface area contributed by atoms with Gasteiger partial charge in [0, 0.05) is 5.69 Å². The summed E-state index contributed by atoms with van der Waals surface area (Å²) in [6.45, 7) is 4.49. The zero-order valence-electron chi connectivity index (χ0n) is 17.0. The van der Waals surface area contributed by atoms with Crippen molar-refractivity contribution in [3.05, 3.63) is 30.3 Å².